The molecule has 0 aliphatic heterocycles. The molecule has 0 bridgehead atoms. The Labute approximate surface area is 114 Å². The highest BCUT2D eigenvalue weighted by molar-refractivity contribution is 9.09. The summed E-state index contributed by atoms with van der Waals surface area (Å²) in [5.41, 5.74) is 0.179. The van der Waals surface area contributed by atoms with Crippen LogP contribution in [-0.4, -0.2) is 17.3 Å². The zero-order chi connectivity index (χ0) is 13.1. The summed E-state index contributed by atoms with van der Waals surface area (Å²) in [7, 11) is 0. The van der Waals surface area contributed by atoms with Crippen LogP contribution >= 0.6 is 15.9 Å². The van der Waals surface area contributed by atoms with Gasteiger partial charge in [0.2, 0.25) is 5.91 Å². The van der Waals surface area contributed by atoms with Gasteiger partial charge in [0.1, 0.15) is 0 Å². The molecule has 0 spiro atoms. The van der Waals surface area contributed by atoms with Gasteiger partial charge in [-0.2, -0.15) is 0 Å². The van der Waals surface area contributed by atoms with Gasteiger partial charge in [0.15, 0.2) is 0 Å². The molecule has 1 rings (SSSR count). The van der Waals surface area contributed by atoms with Crippen molar-refractivity contribution in [1.82, 2.24) is 5.32 Å². The largest absolute Gasteiger partial charge is 0.352 e. The Hall–Kier alpha value is -0.0500. The van der Waals surface area contributed by atoms with Crippen LogP contribution in [0.5, 0.6) is 0 Å². The Morgan fingerprint density at radius 2 is 2.12 bits per heavy atom. The number of hydrogen-bond donors (Lipinski definition) is 1. The normalized spacial score (nSPS) is 24.9. The molecule has 2 atom stereocenters. The molecule has 0 aromatic heterocycles. The van der Waals surface area contributed by atoms with E-state index in [1.165, 1.54) is 12.8 Å². The predicted octanol–water partition coefficient (Wildman–Crippen LogP) is 3.74. The van der Waals surface area contributed by atoms with E-state index in [9.17, 15) is 4.79 Å². The molecular formula is C14H26BrNO. The van der Waals surface area contributed by atoms with Gasteiger partial charge >= 0.3 is 0 Å². The SMILES string of the molecule is CC(C)CC(CBr)NC(=O)C1CCCC1(C)C. The highest BCUT2D eigenvalue weighted by atomic mass is 79.9. The minimum Gasteiger partial charge on any atom is -0.352 e. The quantitative estimate of drug-likeness (QED) is 0.770. The van der Waals surface area contributed by atoms with Gasteiger partial charge in [-0.05, 0) is 30.6 Å². The number of carbonyl (C=O) groups is 1. The number of alkyl halides is 1. The van der Waals surface area contributed by atoms with E-state index in [-0.39, 0.29) is 23.3 Å². The molecule has 0 radical (unpaired) electrons. The first-order valence-corrected chi connectivity index (χ1v) is 7.85. The lowest BCUT2D eigenvalue weighted by atomic mass is 9.81. The van der Waals surface area contributed by atoms with Gasteiger partial charge in [0.05, 0.1) is 0 Å². The van der Waals surface area contributed by atoms with Crippen molar-refractivity contribution in [3.05, 3.63) is 0 Å². The fourth-order valence-corrected chi connectivity index (χ4v) is 3.27. The summed E-state index contributed by atoms with van der Waals surface area (Å²) in [4.78, 5) is 12.3. The summed E-state index contributed by atoms with van der Waals surface area (Å²) in [6, 6.07) is 0.277. The van der Waals surface area contributed by atoms with Gasteiger partial charge in [-0.1, -0.05) is 50.0 Å². The van der Waals surface area contributed by atoms with Crippen LogP contribution in [0.15, 0.2) is 0 Å². The average Bonchev–Trinajstić information content (AvgIpc) is 2.56. The molecule has 1 amide bonds. The summed E-state index contributed by atoms with van der Waals surface area (Å²) in [5.74, 6) is 1.09. The summed E-state index contributed by atoms with van der Waals surface area (Å²) >= 11 is 3.50. The van der Waals surface area contributed by atoms with Gasteiger partial charge < -0.3 is 5.32 Å². The second kappa shape index (κ2) is 6.21. The van der Waals surface area contributed by atoms with Gasteiger partial charge in [0, 0.05) is 17.3 Å². The number of halogens is 1. The van der Waals surface area contributed by atoms with E-state index in [0.29, 0.717) is 5.92 Å². The number of nitrogens with one attached hydrogen (secondary N) is 1. The van der Waals surface area contributed by atoms with Crippen LogP contribution in [-0.2, 0) is 4.79 Å². The molecule has 1 N–H and O–H groups in total. The van der Waals surface area contributed by atoms with Crippen molar-refractivity contribution in [2.24, 2.45) is 17.3 Å². The second-order valence-electron chi connectivity index (χ2n) is 6.42. The van der Waals surface area contributed by atoms with Crippen LogP contribution in [0.25, 0.3) is 0 Å². The van der Waals surface area contributed by atoms with Crippen LogP contribution in [0.1, 0.15) is 53.4 Å². The lowest BCUT2D eigenvalue weighted by Gasteiger charge is -2.28. The molecule has 0 aromatic rings. The standard InChI is InChI=1S/C14H26BrNO/c1-10(2)8-11(9-15)16-13(17)12-6-5-7-14(12,3)4/h10-12H,5-9H2,1-4H3,(H,16,17). The number of amides is 1. The van der Waals surface area contributed by atoms with E-state index in [1.807, 2.05) is 0 Å². The number of carbonyl (C=O) groups excluding carboxylic acids is 1. The van der Waals surface area contributed by atoms with Gasteiger partial charge in [0.25, 0.3) is 0 Å². The van der Waals surface area contributed by atoms with E-state index in [0.717, 1.165) is 18.2 Å². The molecule has 1 aliphatic rings. The van der Waals surface area contributed by atoms with Crippen LogP contribution in [0.3, 0.4) is 0 Å². The molecule has 0 saturated heterocycles. The monoisotopic (exact) mass is 303 g/mol. The maximum Gasteiger partial charge on any atom is 0.223 e. The predicted molar refractivity (Wildman–Crippen MR) is 76.3 cm³/mol. The third kappa shape index (κ3) is 4.27. The fourth-order valence-electron chi connectivity index (χ4n) is 2.84. The molecule has 2 unspecified atom stereocenters. The summed E-state index contributed by atoms with van der Waals surface area (Å²) < 4.78 is 0. The lowest BCUT2D eigenvalue weighted by Crippen LogP contribution is -2.43. The van der Waals surface area contributed by atoms with Crippen molar-refractivity contribution in [3.8, 4) is 0 Å². The number of hydrogen-bond acceptors (Lipinski definition) is 1. The third-order valence-electron chi connectivity index (χ3n) is 3.86. The Kier molecular flexibility index (Phi) is 5.49. The molecule has 100 valence electrons. The van der Waals surface area contributed by atoms with Crippen molar-refractivity contribution in [2.75, 3.05) is 5.33 Å². The number of rotatable bonds is 5. The van der Waals surface area contributed by atoms with E-state index < -0.39 is 0 Å². The molecule has 0 heterocycles. The summed E-state index contributed by atoms with van der Waals surface area (Å²) in [6.07, 6.45) is 4.46. The first-order chi connectivity index (χ1) is 7.86. The molecular weight excluding hydrogens is 278 g/mol. The minimum atomic E-state index is 0.179. The minimum absolute atomic E-state index is 0.179. The van der Waals surface area contributed by atoms with Crippen molar-refractivity contribution in [3.63, 3.8) is 0 Å². The van der Waals surface area contributed by atoms with Crippen molar-refractivity contribution in [2.45, 2.75) is 59.4 Å². The van der Waals surface area contributed by atoms with E-state index in [4.69, 9.17) is 0 Å². The highest BCUT2D eigenvalue weighted by Gasteiger charge is 2.39. The molecule has 3 heteroatoms. The molecule has 1 aliphatic carbocycles. The first-order valence-electron chi connectivity index (χ1n) is 6.73. The molecule has 2 nitrogen and oxygen atoms in total. The van der Waals surface area contributed by atoms with Crippen LogP contribution in [0.4, 0.5) is 0 Å². The van der Waals surface area contributed by atoms with Crippen molar-refractivity contribution >= 4 is 21.8 Å². The zero-order valence-electron chi connectivity index (χ0n) is 11.6. The van der Waals surface area contributed by atoms with E-state index in [2.05, 4.69) is 48.9 Å². The summed E-state index contributed by atoms with van der Waals surface area (Å²) in [6.45, 7) is 8.83. The van der Waals surface area contributed by atoms with Crippen LogP contribution < -0.4 is 5.32 Å². The second-order valence-corrected chi connectivity index (χ2v) is 7.07. The van der Waals surface area contributed by atoms with Crippen molar-refractivity contribution in [1.29, 1.82) is 0 Å². The molecule has 1 saturated carbocycles. The van der Waals surface area contributed by atoms with Crippen LogP contribution in [0.2, 0.25) is 0 Å². The average molecular weight is 304 g/mol. The highest BCUT2D eigenvalue weighted by Crippen LogP contribution is 2.42. The summed E-state index contributed by atoms with van der Waals surface area (Å²) in [5, 5.41) is 4.06. The fraction of sp³-hybridized carbons (Fsp3) is 0.929. The third-order valence-corrected chi connectivity index (χ3v) is 4.64. The smallest absolute Gasteiger partial charge is 0.223 e. The van der Waals surface area contributed by atoms with E-state index in [1.54, 1.807) is 0 Å². The maximum atomic E-state index is 12.3. The van der Waals surface area contributed by atoms with E-state index >= 15 is 0 Å². The Morgan fingerprint density at radius 3 is 2.53 bits per heavy atom. The first kappa shape index (κ1) is 15.0. The topological polar surface area (TPSA) is 29.1 Å². The van der Waals surface area contributed by atoms with Crippen LogP contribution in [0, 0.1) is 17.3 Å². The zero-order valence-corrected chi connectivity index (χ0v) is 13.1. The lowest BCUT2D eigenvalue weighted by molar-refractivity contribution is -0.128. The Morgan fingerprint density at radius 1 is 1.47 bits per heavy atom. The Bertz CT molecular complexity index is 263. The molecule has 1 fully saturated rings. The maximum absolute atomic E-state index is 12.3. The molecule has 17 heavy (non-hydrogen) atoms. The van der Waals surface area contributed by atoms with Gasteiger partial charge in [-0.3, -0.25) is 4.79 Å². The van der Waals surface area contributed by atoms with Gasteiger partial charge in [-0.25, -0.2) is 0 Å². The molecule has 0 aromatic carbocycles. The van der Waals surface area contributed by atoms with Gasteiger partial charge in [-0.15, -0.1) is 0 Å². The van der Waals surface area contributed by atoms with Crippen molar-refractivity contribution < 1.29 is 4.79 Å². The Balaban J connectivity index is 2.52.